The first-order chi connectivity index (χ1) is 12.0. The van der Waals surface area contributed by atoms with Gasteiger partial charge in [-0.05, 0) is 55.8 Å². The molecular formula is C21H36O4Si. The van der Waals surface area contributed by atoms with Gasteiger partial charge in [-0.3, -0.25) is 4.79 Å². The van der Waals surface area contributed by atoms with Crippen molar-refractivity contribution >= 4 is 14.3 Å². The summed E-state index contributed by atoms with van der Waals surface area (Å²) in [7, 11) is -1.95. The largest absolute Gasteiger partial charge is 0.466 e. The fourth-order valence-corrected chi connectivity index (χ4v) is 4.92. The Kier molecular flexibility index (Phi) is 6.57. The van der Waals surface area contributed by atoms with Crippen LogP contribution in [0.1, 0.15) is 47.0 Å². The lowest BCUT2D eigenvalue weighted by atomic mass is 9.75. The predicted molar refractivity (Wildman–Crippen MR) is 107 cm³/mol. The summed E-state index contributed by atoms with van der Waals surface area (Å²) in [5.74, 6) is -0.685. The Bertz CT molecular complexity index is 573. The molecule has 0 aromatic rings. The van der Waals surface area contributed by atoms with Crippen molar-refractivity contribution in [2.24, 2.45) is 17.8 Å². The van der Waals surface area contributed by atoms with Gasteiger partial charge >= 0.3 is 5.97 Å². The van der Waals surface area contributed by atoms with E-state index in [9.17, 15) is 9.90 Å². The number of carbonyl (C=O) groups excluding carboxylic acids is 1. The van der Waals surface area contributed by atoms with Gasteiger partial charge in [0.2, 0.25) is 0 Å². The molecule has 0 aliphatic heterocycles. The third-order valence-corrected chi connectivity index (χ3v) is 11.0. The number of aliphatic hydroxyl groups is 1. The number of allylic oxidation sites excluding steroid dienone is 1. The lowest BCUT2D eigenvalue weighted by Crippen LogP contribution is -2.45. The lowest BCUT2D eigenvalue weighted by Gasteiger charge is -2.40. The van der Waals surface area contributed by atoms with E-state index in [4.69, 9.17) is 9.16 Å². The summed E-state index contributed by atoms with van der Waals surface area (Å²) >= 11 is 0. The van der Waals surface area contributed by atoms with E-state index in [0.717, 1.165) is 24.0 Å². The van der Waals surface area contributed by atoms with Crippen LogP contribution >= 0.6 is 0 Å². The first kappa shape index (κ1) is 21.4. The highest BCUT2D eigenvalue weighted by Gasteiger charge is 2.46. The molecule has 1 fully saturated rings. The normalized spacial score (nSPS) is 29.8. The average Bonchev–Trinajstić information content (AvgIpc) is 2.57. The average molecular weight is 381 g/mol. The maximum Gasteiger partial charge on any atom is 0.313 e. The standard InChI is InChI=1S/C21H36O4Si/c1-8-24-20(23)18-14(2)12-15-10-9-11-16(19(15)22)17(18)13-25-26(6,7)21(3,4)5/h10,16-19,22H,2,8-9,11-13H2,1,3-7H3/t16-,17-,18+,19-/m0/s1. The van der Waals surface area contributed by atoms with Crippen molar-refractivity contribution in [2.45, 2.75) is 71.2 Å². The minimum Gasteiger partial charge on any atom is -0.466 e. The highest BCUT2D eigenvalue weighted by molar-refractivity contribution is 6.74. The molecule has 26 heavy (non-hydrogen) atoms. The highest BCUT2D eigenvalue weighted by Crippen LogP contribution is 2.45. The number of hydrogen-bond acceptors (Lipinski definition) is 4. The molecule has 0 unspecified atom stereocenters. The minimum absolute atomic E-state index is 0.0217. The van der Waals surface area contributed by atoms with Crippen molar-refractivity contribution < 1.29 is 19.1 Å². The first-order valence-corrected chi connectivity index (χ1v) is 12.8. The minimum atomic E-state index is -1.95. The molecule has 0 saturated heterocycles. The zero-order chi connectivity index (χ0) is 19.7. The molecule has 2 aliphatic carbocycles. The monoisotopic (exact) mass is 380 g/mol. The summed E-state index contributed by atoms with van der Waals surface area (Å²) in [6.45, 7) is 17.9. The SMILES string of the molecule is C=C1CC2=CCC[C@@H]([C@H](CO[Si](C)(C)C(C)(C)C)[C@@H]1C(=O)OCC)[C@H]2O. The van der Waals surface area contributed by atoms with E-state index in [2.05, 4.69) is 46.5 Å². The van der Waals surface area contributed by atoms with Crippen LogP contribution in [0, 0.1) is 17.8 Å². The number of carbonyl (C=O) groups is 1. The number of ether oxygens (including phenoxy) is 1. The topological polar surface area (TPSA) is 55.8 Å². The summed E-state index contributed by atoms with van der Waals surface area (Å²) < 4.78 is 11.9. The van der Waals surface area contributed by atoms with E-state index in [1.54, 1.807) is 0 Å². The van der Waals surface area contributed by atoms with Crippen LogP contribution in [0.5, 0.6) is 0 Å². The van der Waals surface area contributed by atoms with Gasteiger partial charge in [-0.25, -0.2) is 0 Å². The Morgan fingerprint density at radius 2 is 2.04 bits per heavy atom. The van der Waals surface area contributed by atoms with Crippen molar-refractivity contribution in [3.8, 4) is 0 Å². The second-order valence-electron chi connectivity index (χ2n) is 9.26. The Labute approximate surface area is 159 Å². The summed E-state index contributed by atoms with van der Waals surface area (Å²) in [6, 6.07) is 0. The van der Waals surface area contributed by atoms with Crippen LogP contribution in [-0.4, -0.2) is 38.7 Å². The van der Waals surface area contributed by atoms with E-state index in [0.29, 0.717) is 19.6 Å². The van der Waals surface area contributed by atoms with Gasteiger partial charge in [0.05, 0.1) is 18.6 Å². The van der Waals surface area contributed by atoms with Crippen LogP contribution in [0.15, 0.2) is 23.8 Å². The van der Waals surface area contributed by atoms with Gasteiger partial charge in [-0.15, -0.1) is 0 Å². The first-order valence-electron chi connectivity index (χ1n) is 9.85. The fourth-order valence-electron chi connectivity index (χ4n) is 3.88. The van der Waals surface area contributed by atoms with E-state index < -0.39 is 20.3 Å². The third-order valence-electron chi connectivity index (χ3n) is 6.52. The van der Waals surface area contributed by atoms with Crippen LogP contribution in [-0.2, 0) is 14.0 Å². The lowest BCUT2D eigenvalue weighted by molar-refractivity contribution is -0.150. The second kappa shape index (κ2) is 7.99. The fraction of sp³-hybridized carbons (Fsp3) is 0.762. The summed E-state index contributed by atoms with van der Waals surface area (Å²) in [4.78, 5) is 12.8. The zero-order valence-electron chi connectivity index (χ0n) is 17.3. The predicted octanol–water partition coefficient (Wildman–Crippen LogP) is 4.46. The van der Waals surface area contributed by atoms with E-state index in [1.807, 2.05) is 6.92 Å². The Morgan fingerprint density at radius 1 is 1.38 bits per heavy atom. The maximum absolute atomic E-state index is 12.8. The molecule has 0 heterocycles. The third kappa shape index (κ3) is 4.32. The molecule has 2 bridgehead atoms. The van der Waals surface area contributed by atoms with Gasteiger partial charge < -0.3 is 14.3 Å². The van der Waals surface area contributed by atoms with Crippen LogP contribution < -0.4 is 0 Å². The molecule has 1 N–H and O–H groups in total. The van der Waals surface area contributed by atoms with Crippen LogP contribution in [0.4, 0.5) is 0 Å². The van der Waals surface area contributed by atoms with Gasteiger partial charge in [0.25, 0.3) is 0 Å². The molecule has 1 saturated carbocycles. The molecule has 0 amide bonds. The summed E-state index contributed by atoms with van der Waals surface area (Å²) in [5.41, 5.74) is 1.86. The molecule has 0 aromatic heterocycles. The van der Waals surface area contributed by atoms with Gasteiger partial charge in [0.1, 0.15) is 0 Å². The molecular weight excluding hydrogens is 344 g/mol. The number of rotatable bonds is 5. The summed E-state index contributed by atoms with van der Waals surface area (Å²) in [6.07, 6.45) is 4.01. The molecule has 5 heteroatoms. The molecule has 0 radical (unpaired) electrons. The van der Waals surface area contributed by atoms with Crippen molar-refractivity contribution in [3.05, 3.63) is 23.8 Å². The smallest absolute Gasteiger partial charge is 0.313 e. The highest BCUT2D eigenvalue weighted by atomic mass is 28.4. The van der Waals surface area contributed by atoms with Gasteiger partial charge in [-0.1, -0.05) is 39.0 Å². The molecule has 4 atom stereocenters. The van der Waals surface area contributed by atoms with Crippen LogP contribution in [0.3, 0.4) is 0 Å². The molecule has 4 nitrogen and oxygen atoms in total. The number of aliphatic hydroxyl groups excluding tert-OH is 1. The van der Waals surface area contributed by atoms with E-state index in [1.165, 1.54) is 0 Å². The van der Waals surface area contributed by atoms with Crippen molar-refractivity contribution in [2.75, 3.05) is 13.2 Å². The van der Waals surface area contributed by atoms with Crippen molar-refractivity contribution in [1.29, 1.82) is 0 Å². The number of hydrogen-bond donors (Lipinski definition) is 1. The van der Waals surface area contributed by atoms with Crippen molar-refractivity contribution in [3.63, 3.8) is 0 Å². The summed E-state index contributed by atoms with van der Waals surface area (Å²) in [5, 5.41) is 11.0. The zero-order valence-corrected chi connectivity index (χ0v) is 18.3. The molecule has 0 aromatic carbocycles. The van der Waals surface area contributed by atoms with E-state index >= 15 is 0 Å². The molecule has 0 spiro atoms. The maximum atomic E-state index is 12.8. The van der Waals surface area contributed by atoms with Crippen molar-refractivity contribution in [1.82, 2.24) is 0 Å². The Morgan fingerprint density at radius 3 is 2.62 bits per heavy atom. The van der Waals surface area contributed by atoms with Gasteiger partial charge in [0.15, 0.2) is 8.32 Å². The second-order valence-corrected chi connectivity index (χ2v) is 14.1. The van der Waals surface area contributed by atoms with Gasteiger partial charge in [-0.2, -0.15) is 0 Å². The Balaban J connectivity index is 2.33. The quantitative estimate of drug-likeness (QED) is 0.435. The molecule has 148 valence electrons. The van der Waals surface area contributed by atoms with Crippen LogP contribution in [0.25, 0.3) is 0 Å². The van der Waals surface area contributed by atoms with Crippen LogP contribution in [0.2, 0.25) is 18.1 Å². The molecule has 2 rings (SSSR count). The number of fused-ring (bicyclic) bond motifs is 2. The Hall–Kier alpha value is -0.913. The van der Waals surface area contributed by atoms with Gasteiger partial charge in [0, 0.05) is 12.5 Å². The molecule has 2 aliphatic rings. The number of esters is 1. The van der Waals surface area contributed by atoms with E-state index in [-0.39, 0.29) is 22.8 Å².